The van der Waals surface area contributed by atoms with Crippen molar-refractivity contribution in [2.75, 3.05) is 4.90 Å². The summed E-state index contributed by atoms with van der Waals surface area (Å²) in [5.41, 5.74) is 1.80. The van der Waals surface area contributed by atoms with Crippen LogP contribution in [0.25, 0.3) is 10.8 Å². The first-order valence-electron chi connectivity index (χ1n) is 10.7. The van der Waals surface area contributed by atoms with E-state index in [1.54, 1.807) is 23.1 Å². The third-order valence-corrected chi connectivity index (χ3v) is 6.32. The number of carbonyl (C=O) groups excluding carboxylic acids is 2. The summed E-state index contributed by atoms with van der Waals surface area (Å²) in [4.78, 5) is 28.3. The Morgan fingerprint density at radius 2 is 1.56 bits per heavy atom. The second-order valence-electron chi connectivity index (χ2n) is 8.36. The summed E-state index contributed by atoms with van der Waals surface area (Å²) < 4.78 is 0. The monoisotopic (exact) mass is 421 g/mol. The topological polar surface area (TPSA) is 57.6 Å². The van der Waals surface area contributed by atoms with Crippen molar-refractivity contribution in [1.82, 2.24) is 0 Å². The van der Waals surface area contributed by atoms with E-state index >= 15 is 0 Å². The Morgan fingerprint density at radius 3 is 2.38 bits per heavy atom. The van der Waals surface area contributed by atoms with Gasteiger partial charge >= 0.3 is 0 Å². The second-order valence-corrected chi connectivity index (χ2v) is 8.36. The van der Waals surface area contributed by atoms with Crippen molar-refractivity contribution in [2.45, 2.75) is 25.5 Å². The molecule has 0 bridgehead atoms. The summed E-state index contributed by atoms with van der Waals surface area (Å²) in [7, 11) is 0. The van der Waals surface area contributed by atoms with E-state index in [4.69, 9.17) is 0 Å². The van der Waals surface area contributed by atoms with Crippen LogP contribution >= 0.6 is 0 Å². The van der Waals surface area contributed by atoms with Crippen LogP contribution in [0.3, 0.4) is 0 Å². The Bertz CT molecular complexity index is 1360. The number of para-hydroxylation sites is 1. The summed E-state index contributed by atoms with van der Waals surface area (Å²) in [6.45, 7) is 2.34. The fourth-order valence-electron chi connectivity index (χ4n) is 4.49. The van der Waals surface area contributed by atoms with E-state index in [1.807, 2.05) is 79.7 Å². The molecule has 4 heteroatoms. The number of hydrogen-bond acceptors (Lipinski definition) is 3. The Morgan fingerprint density at radius 1 is 0.875 bits per heavy atom. The minimum Gasteiger partial charge on any atom is -0.375 e. The molecular formula is C28H23NO3. The highest BCUT2D eigenvalue weighted by molar-refractivity contribution is 6.11. The molecule has 1 heterocycles. The number of amides is 1. The van der Waals surface area contributed by atoms with Crippen LogP contribution < -0.4 is 4.90 Å². The normalized spacial score (nSPS) is 17.6. The van der Waals surface area contributed by atoms with Gasteiger partial charge in [0.2, 0.25) is 0 Å². The third-order valence-electron chi connectivity index (χ3n) is 6.32. The van der Waals surface area contributed by atoms with Crippen molar-refractivity contribution in [3.63, 3.8) is 0 Å². The number of aliphatic hydroxyl groups is 1. The van der Waals surface area contributed by atoms with Crippen LogP contribution in [-0.2, 0) is 16.9 Å². The largest absolute Gasteiger partial charge is 0.375 e. The van der Waals surface area contributed by atoms with Gasteiger partial charge in [-0.3, -0.25) is 9.59 Å². The van der Waals surface area contributed by atoms with Gasteiger partial charge in [-0.05, 0) is 41.0 Å². The molecule has 0 saturated heterocycles. The second kappa shape index (κ2) is 7.74. The summed E-state index contributed by atoms with van der Waals surface area (Å²) in [6.07, 6.45) is -0.300. The van der Waals surface area contributed by atoms with E-state index in [1.165, 1.54) is 0 Å². The number of Topliss-reactive ketones (excluding diaryl/α,β-unsaturated/α-hetero) is 1. The molecule has 1 aliphatic heterocycles. The van der Waals surface area contributed by atoms with E-state index in [-0.39, 0.29) is 12.2 Å². The molecule has 0 fully saturated rings. The van der Waals surface area contributed by atoms with E-state index in [2.05, 4.69) is 0 Å². The molecule has 0 spiro atoms. The lowest BCUT2D eigenvalue weighted by Gasteiger charge is -2.23. The average molecular weight is 421 g/mol. The molecule has 158 valence electrons. The lowest BCUT2D eigenvalue weighted by Crippen LogP contribution is -2.41. The Kier molecular flexibility index (Phi) is 4.87. The molecule has 1 amide bonds. The standard InChI is InChI=1S/C28H23NO3/c1-19-8-2-3-11-23(19)18-29-25-13-7-6-12-24(25)28(32,27(29)31)17-26(30)22-15-14-20-9-4-5-10-21(20)16-22/h2-16,32H,17-18H2,1H3. The number of anilines is 1. The lowest BCUT2D eigenvalue weighted by atomic mass is 9.87. The molecule has 5 rings (SSSR count). The minimum atomic E-state index is -1.89. The predicted molar refractivity (Wildman–Crippen MR) is 126 cm³/mol. The smallest absolute Gasteiger partial charge is 0.264 e. The van der Waals surface area contributed by atoms with Crippen LogP contribution in [0, 0.1) is 6.92 Å². The highest BCUT2D eigenvalue weighted by Gasteiger charge is 2.50. The van der Waals surface area contributed by atoms with E-state index in [9.17, 15) is 14.7 Å². The summed E-state index contributed by atoms with van der Waals surface area (Å²) in [5.74, 6) is -0.727. The van der Waals surface area contributed by atoms with Gasteiger partial charge in [-0.2, -0.15) is 0 Å². The van der Waals surface area contributed by atoms with Gasteiger partial charge < -0.3 is 10.0 Å². The van der Waals surface area contributed by atoms with Crippen molar-refractivity contribution in [1.29, 1.82) is 0 Å². The van der Waals surface area contributed by atoms with Gasteiger partial charge in [0, 0.05) is 11.1 Å². The summed E-state index contributed by atoms with van der Waals surface area (Å²) in [5, 5.41) is 13.5. The molecule has 0 aliphatic carbocycles. The summed E-state index contributed by atoms with van der Waals surface area (Å²) in [6, 6.07) is 28.3. The van der Waals surface area contributed by atoms with E-state index in [0.717, 1.165) is 21.9 Å². The number of ketones is 1. The van der Waals surface area contributed by atoms with Crippen LogP contribution in [0.15, 0.2) is 91.0 Å². The van der Waals surface area contributed by atoms with Gasteiger partial charge in [-0.25, -0.2) is 0 Å². The van der Waals surface area contributed by atoms with Crippen LogP contribution in [0.4, 0.5) is 5.69 Å². The van der Waals surface area contributed by atoms with Gasteiger partial charge in [0.05, 0.1) is 18.7 Å². The van der Waals surface area contributed by atoms with Gasteiger partial charge in [0.25, 0.3) is 5.91 Å². The van der Waals surface area contributed by atoms with Crippen LogP contribution in [-0.4, -0.2) is 16.8 Å². The number of benzene rings is 4. The molecule has 4 aromatic rings. The van der Waals surface area contributed by atoms with Crippen molar-refractivity contribution in [3.05, 3.63) is 113 Å². The van der Waals surface area contributed by atoms with Crippen molar-refractivity contribution in [3.8, 4) is 0 Å². The Balaban J connectivity index is 1.49. The number of carbonyl (C=O) groups is 2. The van der Waals surface area contributed by atoms with Crippen LogP contribution in [0.1, 0.15) is 33.5 Å². The summed E-state index contributed by atoms with van der Waals surface area (Å²) >= 11 is 0. The molecule has 4 aromatic carbocycles. The van der Waals surface area contributed by atoms with Gasteiger partial charge in [0.1, 0.15) is 0 Å². The minimum absolute atomic E-state index is 0.265. The van der Waals surface area contributed by atoms with Crippen molar-refractivity contribution >= 4 is 28.2 Å². The number of fused-ring (bicyclic) bond motifs is 2. The zero-order valence-corrected chi connectivity index (χ0v) is 17.8. The van der Waals surface area contributed by atoms with E-state index < -0.39 is 11.5 Å². The number of rotatable bonds is 5. The molecule has 1 N–H and O–H groups in total. The highest BCUT2D eigenvalue weighted by atomic mass is 16.3. The fourth-order valence-corrected chi connectivity index (χ4v) is 4.49. The maximum atomic E-state index is 13.5. The molecule has 1 unspecified atom stereocenters. The van der Waals surface area contributed by atoms with Crippen molar-refractivity contribution < 1.29 is 14.7 Å². The molecule has 0 radical (unpaired) electrons. The molecular weight excluding hydrogens is 398 g/mol. The molecule has 0 saturated carbocycles. The van der Waals surface area contributed by atoms with Gasteiger partial charge in [0.15, 0.2) is 11.4 Å². The van der Waals surface area contributed by atoms with E-state index in [0.29, 0.717) is 23.4 Å². The first-order chi connectivity index (χ1) is 15.5. The van der Waals surface area contributed by atoms with Gasteiger partial charge in [-0.15, -0.1) is 0 Å². The Hall–Kier alpha value is -3.76. The zero-order valence-electron chi connectivity index (χ0n) is 17.8. The maximum absolute atomic E-state index is 13.5. The number of hydrogen-bond donors (Lipinski definition) is 1. The lowest BCUT2D eigenvalue weighted by molar-refractivity contribution is -0.136. The molecule has 4 nitrogen and oxygen atoms in total. The number of nitrogens with zero attached hydrogens (tertiary/aromatic N) is 1. The molecule has 0 aromatic heterocycles. The predicted octanol–water partition coefficient (Wildman–Crippen LogP) is 5.16. The average Bonchev–Trinajstić information content (AvgIpc) is 3.02. The van der Waals surface area contributed by atoms with Crippen LogP contribution in [0.2, 0.25) is 0 Å². The maximum Gasteiger partial charge on any atom is 0.264 e. The fraction of sp³-hybridized carbons (Fsp3) is 0.143. The molecule has 1 atom stereocenters. The van der Waals surface area contributed by atoms with Crippen LogP contribution in [0.5, 0.6) is 0 Å². The number of aryl methyl sites for hydroxylation is 1. The first-order valence-corrected chi connectivity index (χ1v) is 10.7. The SMILES string of the molecule is Cc1ccccc1CN1C(=O)C(O)(CC(=O)c2ccc3ccccc3c2)c2ccccc21. The molecule has 32 heavy (non-hydrogen) atoms. The third kappa shape index (κ3) is 3.29. The van der Waals surface area contributed by atoms with Crippen molar-refractivity contribution in [2.24, 2.45) is 0 Å². The van der Waals surface area contributed by atoms with Gasteiger partial charge in [-0.1, -0.05) is 78.9 Å². The first kappa shape index (κ1) is 20.2. The Labute approximate surface area is 186 Å². The molecule has 1 aliphatic rings. The highest BCUT2D eigenvalue weighted by Crippen LogP contribution is 2.43. The quantitative estimate of drug-likeness (QED) is 0.453. The zero-order chi connectivity index (χ0) is 22.3.